The van der Waals surface area contributed by atoms with E-state index in [-0.39, 0.29) is 5.75 Å². The van der Waals surface area contributed by atoms with Gasteiger partial charge in [0, 0.05) is 6.08 Å². The van der Waals surface area contributed by atoms with Crippen LogP contribution >= 0.6 is 0 Å². The van der Waals surface area contributed by atoms with Crippen LogP contribution in [0.1, 0.15) is 64.5 Å². The molecule has 0 radical (unpaired) electrons. The minimum absolute atomic E-state index is 0.238. The zero-order valence-electron chi connectivity index (χ0n) is 17.0. The van der Waals surface area contributed by atoms with Crippen molar-refractivity contribution in [3.8, 4) is 5.75 Å². The molecule has 146 valence electrons. The normalized spacial score (nSPS) is 12.4. The number of phenols is 1. The molecule has 27 heavy (non-hydrogen) atoms. The minimum atomic E-state index is -0.982. The third kappa shape index (κ3) is 10.2. The van der Waals surface area contributed by atoms with Crippen molar-refractivity contribution >= 4 is 12.0 Å². The van der Waals surface area contributed by atoms with Crippen LogP contribution in [-0.4, -0.2) is 16.2 Å². The van der Waals surface area contributed by atoms with Crippen molar-refractivity contribution in [3.05, 3.63) is 70.3 Å². The van der Waals surface area contributed by atoms with Crippen molar-refractivity contribution in [2.75, 3.05) is 0 Å². The van der Waals surface area contributed by atoms with E-state index in [0.29, 0.717) is 6.42 Å². The van der Waals surface area contributed by atoms with Gasteiger partial charge in [0.05, 0.1) is 0 Å². The average Bonchev–Trinajstić information content (AvgIpc) is 2.59. The molecule has 0 fully saturated rings. The molecule has 0 heterocycles. The van der Waals surface area contributed by atoms with Crippen molar-refractivity contribution in [1.82, 2.24) is 0 Å². The molecule has 3 heteroatoms. The molecule has 1 aromatic rings. The number of rotatable bonds is 10. The molecule has 0 saturated carbocycles. The Morgan fingerprint density at radius 2 is 1.59 bits per heavy atom. The van der Waals surface area contributed by atoms with Gasteiger partial charge in [0.2, 0.25) is 0 Å². The van der Waals surface area contributed by atoms with Gasteiger partial charge in [-0.1, -0.05) is 41.0 Å². The summed E-state index contributed by atoms with van der Waals surface area (Å²) in [5, 5.41) is 18.7. The summed E-state index contributed by atoms with van der Waals surface area (Å²) in [5.41, 5.74) is 5.65. The summed E-state index contributed by atoms with van der Waals surface area (Å²) in [6, 6.07) is 5.14. The summed E-state index contributed by atoms with van der Waals surface area (Å²) in [6.07, 6.45) is 14.2. The van der Waals surface area contributed by atoms with Crippen LogP contribution in [0, 0.1) is 0 Å². The van der Waals surface area contributed by atoms with Crippen molar-refractivity contribution in [2.45, 2.75) is 59.8 Å². The Bertz CT molecular complexity index is 745. The van der Waals surface area contributed by atoms with Gasteiger partial charge >= 0.3 is 5.97 Å². The van der Waals surface area contributed by atoms with Gasteiger partial charge < -0.3 is 10.2 Å². The molecule has 3 nitrogen and oxygen atoms in total. The van der Waals surface area contributed by atoms with E-state index in [1.54, 1.807) is 12.1 Å². The monoisotopic (exact) mass is 368 g/mol. The molecule has 0 aliphatic rings. The Labute approximate surface area is 163 Å². The lowest BCUT2D eigenvalue weighted by Gasteiger charge is -2.05. The van der Waals surface area contributed by atoms with E-state index < -0.39 is 5.97 Å². The van der Waals surface area contributed by atoms with Crippen molar-refractivity contribution in [2.24, 2.45) is 0 Å². The molecule has 2 N–H and O–H groups in total. The molecule has 0 aliphatic carbocycles. The first kappa shape index (κ1) is 22.5. The maximum atomic E-state index is 10.6. The number of aliphatic carboxylic acids is 1. The van der Waals surface area contributed by atoms with Crippen molar-refractivity contribution in [3.63, 3.8) is 0 Å². The largest absolute Gasteiger partial charge is 0.508 e. The zero-order valence-corrected chi connectivity index (χ0v) is 17.0. The number of hydrogen-bond donors (Lipinski definition) is 2. The number of carboxylic acid groups (broad SMARTS) is 1. The molecule has 0 aromatic heterocycles. The highest BCUT2D eigenvalue weighted by atomic mass is 16.4. The first-order valence-electron chi connectivity index (χ1n) is 9.45. The Balaban J connectivity index is 2.57. The Hall–Kier alpha value is -2.55. The van der Waals surface area contributed by atoms with Crippen LogP contribution in [0.3, 0.4) is 0 Å². The summed E-state index contributed by atoms with van der Waals surface area (Å²) in [5.74, 6) is -0.744. The second kappa shape index (κ2) is 11.9. The van der Waals surface area contributed by atoms with Crippen LogP contribution in [0.2, 0.25) is 0 Å². The molecule has 0 saturated heterocycles. The number of carbonyl (C=O) groups is 1. The van der Waals surface area contributed by atoms with Gasteiger partial charge in [-0.2, -0.15) is 0 Å². The number of carboxylic acids is 1. The van der Waals surface area contributed by atoms with Crippen LogP contribution in [-0.2, 0) is 11.2 Å². The van der Waals surface area contributed by atoms with Crippen LogP contribution in [0.15, 0.2) is 59.2 Å². The number of phenolic OH excluding ortho intramolecular Hbond substituents is 1. The third-order valence-corrected chi connectivity index (χ3v) is 4.32. The summed E-state index contributed by atoms with van der Waals surface area (Å²) < 4.78 is 0. The predicted octanol–water partition coefficient (Wildman–Crippen LogP) is 6.45. The van der Waals surface area contributed by atoms with Crippen LogP contribution < -0.4 is 0 Å². The van der Waals surface area contributed by atoms with E-state index in [4.69, 9.17) is 5.11 Å². The van der Waals surface area contributed by atoms with Gasteiger partial charge in [0.15, 0.2) is 0 Å². The topological polar surface area (TPSA) is 57.5 Å². The molecule has 0 atom stereocenters. The van der Waals surface area contributed by atoms with Crippen molar-refractivity contribution in [1.29, 1.82) is 0 Å². The second-order valence-electron chi connectivity index (χ2n) is 7.22. The summed E-state index contributed by atoms with van der Waals surface area (Å²) in [6.45, 7) is 8.55. The molecule has 0 amide bonds. The Morgan fingerprint density at radius 1 is 0.963 bits per heavy atom. The Kier molecular flexibility index (Phi) is 9.95. The smallest absolute Gasteiger partial charge is 0.328 e. The fourth-order valence-corrected chi connectivity index (χ4v) is 2.66. The van der Waals surface area contributed by atoms with E-state index in [1.807, 2.05) is 6.07 Å². The highest BCUT2D eigenvalue weighted by Gasteiger charge is 2.01. The summed E-state index contributed by atoms with van der Waals surface area (Å²) >= 11 is 0. The van der Waals surface area contributed by atoms with Crippen molar-refractivity contribution < 1.29 is 15.0 Å². The SMILES string of the molecule is CC(C)=CCC/C(C)=C/CC/C(C)=C/Cc1cc(/C=C/C(=O)O)ccc1O. The van der Waals surface area contributed by atoms with Crippen LogP contribution in [0.25, 0.3) is 6.08 Å². The third-order valence-electron chi connectivity index (χ3n) is 4.32. The maximum Gasteiger partial charge on any atom is 0.328 e. The number of hydrogen-bond acceptors (Lipinski definition) is 2. The van der Waals surface area contributed by atoms with Gasteiger partial charge in [-0.3, -0.25) is 0 Å². The van der Waals surface area contributed by atoms with E-state index in [2.05, 4.69) is 45.9 Å². The fraction of sp³-hybridized carbons (Fsp3) is 0.375. The van der Waals surface area contributed by atoms with Gasteiger partial charge in [0.1, 0.15) is 5.75 Å². The highest BCUT2D eigenvalue weighted by molar-refractivity contribution is 5.85. The molecular formula is C24H32O3. The lowest BCUT2D eigenvalue weighted by molar-refractivity contribution is -0.131. The van der Waals surface area contributed by atoms with E-state index >= 15 is 0 Å². The first-order chi connectivity index (χ1) is 12.8. The average molecular weight is 369 g/mol. The van der Waals surface area contributed by atoms with Gasteiger partial charge in [0.25, 0.3) is 0 Å². The van der Waals surface area contributed by atoms with Crippen LogP contribution in [0.5, 0.6) is 5.75 Å². The van der Waals surface area contributed by atoms with E-state index in [0.717, 1.165) is 42.9 Å². The standard InChI is InChI=1S/C24H32O3/c1-18(2)7-5-8-19(3)9-6-10-20(4)11-14-22-17-21(12-15-23(22)25)13-16-24(26)27/h7,9,11-13,15-17,25H,5-6,8,10,14H2,1-4H3,(H,26,27)/b16-13+,19-9+,20-11+. The molecule has 1 rings (SSSR count). The van der Waals surface area contributed by atoms with Gasteiger partial charge in [-0.15, -0.1) is 0 Å². The minimum Gasteiger partial charge on any atom is -0.508 e. The van der Waals surface area contributed by atoms with Gasteiger partial charge in [-0.05, 0) is 89.1 Å². The highest BCUT2D eigenvalue weighted by Crippen LogP contribution is 2.21. The molecule has 0 unspecified atom stereocenters. The molecule has 1 aromatic carbocycles. The fourth-order valence-electron chi connectivity index (χ4n) is 2.66. The van der Waals surface area contributed by atoms with E-state index in [9.17, 15) is 9.90 Å². The lowest BCUT2D eigenvalue weighted by atomic mass is 10.0. The lowest BCUT2D eigenvalue weighted by Crippen LogP contribution is -1.88. The Morgan fingerprint density at radius 3 is 2.22 bits per heavy atom. The number of allylic oxidation sites excluding steroid dienone is 6. The molecule has 0 spiro atoms. The summed E-state index contributed by atoms with van der Waals surface area (Å²) in [4.78, 5) is 10.6. The van der Waals surface area contributed by atoms with Crippen LogP contribution in [0.4, 0.5) is 0 Å². The number of benzene rings is 1. The summed E-state index contributed by atoms with van der Waals surface area (Å²) in [7, 11) is 0. The molecule has 0 aliphatic heterocycles. The second-order valence-corrected chi connectivity index (χ2v) is 7.22. The molecule has 0 bridgehead atoms. The van der Waals surface area contributed by atoms with E-state index in [1.165, 1.54) is 22.8 Å². The number of aromatic hydroxyl groups is 1. The first-order valence-corrected chi connectivity index (χ1v) is 9.45. The predicted molar refractivity (Wildman–Crippen MR) is 114 cm³/mol. The zero-order chi connectivity index (χ0) is 20.2. The molecular weight excluding hydrogens is 336 g/mol. The van der Waals surface area contributed by atoms with Gasteiger partial charge in [-0.25, -0.2) is 4.79 Å². The maximum absolute atomic E-state index is 10.6. The quantitative estimate of drug-likeness (QED) is 0.368.